The van der Waals surface area contributed by atoms with E-state index in [1.807, 2.05) is 24.3 Å². The van der Waals surface area contributed by atoms with E-state index in [1.165, 1.54) is 12.1 Å². The van der Waals surface area contributed by atoms with Crippen molar-refractivity contribution in [3.05, 3.63) is 54.3 Å². The smallest absolute Gasteiger partial charge is 0.279 e. The highest BCUT2D eigenvalue weighted by Gasteiger charge is 2.21. The maximum absolute atomic E-state index is 13.1. The Labute approximate surface area is 159 Å². The van der Waals surface area contributed by atoms with Crippen LogP contribution in [0.1, 0.15) is 0 Å². The van der Waals surface area contributed by atoms with E-state index in [1.54, 1.807) is 12.1 Å². The first-order valence-electron chi connectivity index (χ1n) is 8.98. The van der Waals surface area contributed by atoms with E-state index in [0.29, 0.717) is 30.3 Å². The van der Waals surface area contributed by atoms with Crippen LogP contribution in [0.5, 0.6) is 0 Å². The molecule has 28 heavy (non-hydrogen) atoms. The Morgan fingerprint density at radius 3 is 2.43 bits per heavy atom. The van der Waals surface area contributed by atoms with Crippen molar-refractivity contribution in [3.63, 3.8) is 0 Å². The number of hydrogen-bond acceptors (Lipinski definition) is 7. The minimum atomic E-state index is -0.317. The zero-order valence-corrected chi connectivity index (χ0v) is 14.9. The summed E-state index contributed by atoms with van der Waals surface area (Å²) < 4.78 is 24.0. The highest BCUT2D eigenvalue weighted by molar-refractivity contribution is 5.99. The molecule has 0 radical (unpaired) electrons. The summed E-state index contributed by atoms with van der Waals surface area (Å²) >= 11 is 0. The van der Waals surface area contributed by atoms with Gasteiger partial charge in [0.05, 0.1) is 13.2 Å². The summed E-state index contributed by atoms with van der Waals surface area (Å²) in [7, 11) is 0. The lowest BCUT2D eigenvalue weighted by atomic mass is 10.1. The molecule has 8 heteroatoms. The molecule has 1 saturated heterocycles. The maximum Gasteiger partial charge on any atom is 0.279 e. The molecule has 2 aromatic heterocycles. The lowest BCUT2D eigenvalue weighted by Gasteiger charge is -2.28. The van der Waals surface area contributed by atoms with Gasteiger partial charge in [-0.3, -0.25) is 0 Å². The predicted molar refractivity (Wildman–Crippen MR) is 101 cm³/mol. The molecule has 0 unspecified atom stereocenters. The number of nitrogens with zero attached hydrogens (tertiary/aromatic N) is 5. The van der Waals surface area contributed by atoms with Crippen LogP contribution in [0, 0.1) is 5.82 Å². The predicted octanol–water partition coefficient (Wildman–Crippen LogP) is 3.32. The van der Waals surface area contributed by atoms with E-state index in [2.05, 4.69) is 25.2 Å². The van der Waals surface area contributed by atoms with Gasteiger partial charge >= 0.3 is 0 Å². The fourth-order valence-corrected chi connectivity index (χ4v) is 3.29. The van der Waals surface area contributed by atoms with Crippen LogP contribution in [0.2, 0.25) is 0 Å². The zero-order chi connectivity index (χ0) is 18.9. The standard InChI is InChI=1S/C20H16FN5O2/c21-14-7-5-13(6-8-14)18-22-20(28-25-18)17-15-3-1-2-4-16(15)19(24-23-17)26-9-11-27-12-10-26/h1-8H,9-12H2. The lowest BCUT2D eigenvalue weighted by Crippen LogP contribution is -2.37. The van der Waals surface area contributed by atoms with Crippen LogP contribution >= 0.6 is 0 Å². The minimum absolute atomic E-state index is 0.275. The molecule has 0 atom stereocenters. The van der Waals surface area contributed by atoms with Crippen molar-refractivity contribution in [2.75, 3.05) is 31.2 Å². The van der Waals surface area contributed by atoms with Gasteiger partial charge in [-0.2, -0.15) is 4.98 Å². The monoisotopic (exact) mass is 377 g/mol. The third kappa shape index (κ3) is 2.97. The number of benzene rings is 2. The molecule has 3 heterocycles. The number of halogens is 1. The van der Waals surface area contributed by atoms with Crippen molar-refractivity contribution >= 4 is 16.6 Å². The fourth-order valence-electron chi connectivity index (χ4n) is 3.29. The van der Waals surface area contributed by atoms with Crippen LogP contribution in [0.25, 0.3) is 33.7 Å². The van der Waals surface area contributed by atoms with Crippen molar-refractivity contribution in [2.45, 2.75) is 0 Å². The van der Waals surface area contributed by atoms with Gasteiger partial charge in [0.2, 0.25) is 5.82 Å². The number of fused-ring (bicyclic) bond motifs is 1. The number of hydrogen-bond donors (Lipinski definition) is 0. The van der Waals surface area contributed by atoms with Crippen molar-refractivity contribution in [1.82, 2.24) is 20.3 Å². The van der Waals surface area contributed by atoms with E-state index >= 15 is 0 Å². The first-order chi connectivity index (χ1) is 13.8. The molecular formula is C20H16FN5O2. The summed E-state index contributed by atoms with van der Waals surface area (Å²) in [5, 5.41) is 14.7. The highest BCUT2D eigenvalue weighted by Crippen LogP contribution is 2.31. The molecular weight excluding hydrogens is 361 g/mol. The van der Waals surface area contributed by atoms with Gasteiger partial charge in [-0.1, -0.05) is 29.4 Å². The van der Waals surface area contributed by atoms with Gasteiger partial charge in [-0.05, 0) is 24.3 Å². The second-order valence-electron chi connectivity index (χ2n) is 6.45. The molecule has 5 rings (SSSR count). The van der Waals surface area contributed by atoms with Crippen LogP contribution in [-0.4, -0.2) is 46.6 Å². The Morgan fingerprint density at radius 1 is 0.893 bits per heavy atom. The lowest BCUT2D eigenvalue weighted by molar-refractivity contribution is 0.122. The Bertz CT molecular complexity index is 1120. The first kappa shape index (κ1) is 16.8. The van der Waals surface area contributed by atoms with Crippen LogP contribution < -0.4 is 4.90 Å². The fraction of sp³-hybridized carbons (Fsp3) is 0.200. The van der Waals surface area contributed by atoms with Gasteiger partial charge in [0.1, 0.15) is 5.82 Å². The topological polar surface area (TPSA) is 77.2 Å². The highest BCUT2D eigenvalue weighted by atomic mass is 19.1. The third-order valence-corrected chi connectivity index (χ3v) is 4.71. The molecule has 1 aliphatic heterocycles. The van der Waals surface area contributed by atoms with E-state index in [9.17, 15) is 4.39 Å². The van der Waals surface area contributed by atoms with Crippen LogP contribution in [0.3, 0.4) is 0 Å². The summed E-state index contributed by atoms with van der Waals surface area (Å²) in [6.07, 6.45) is 0. The van der Waals surface area contributed by atoms with Crippen molar-refractivity contribution in [2.24, 2.45) is 0 Å². The summed E-state index contributed by atoms with van der Waals surface area (Å²) in [6.45, 7) is 2.88. The zero-order valence-electron chi connectivity index (χ0n) is 14.9. The van der Waals surface area contributed by atoms with Crippen LogP contribution in [-0.2, 0) is 4.74 Å². The summed E-state index contributed by atoms with van der Waals surface area (Å²) in [5.41, 5.74) is 1.19. The molecule has 4 aromatic rings. The van der Waals surface area contributed by atoms with Gasteiger partial charge in [-0.25, -0.2) is 4.39 Å². The van der Waals surface area contributed by atoms with E-state index < -0.39 is 0 Å². The van der Waals surface area contributed by atoms with Gasteiger partial charge < -0.3 is 14.2 Å². The first-order valence-corrected chi connectivity index (χ1v) is 8.98. The second kappa shape index (κ2) is 6.97. The molecule has 0 saturated carbocycles. The average molecular weight is 377 g/mol. The van der Waals surface area contributed by atoms with Gasteiger partial charge in [0.15, 0.2) is 11.5 Å². The Kier molecular flexibility index (Phi) is 4.17. The molecule has 0 bridgehead atoms. The molecule has 0 aliphatic carbocycles. The molecule has 140 valence electrons. The minimum Gasteiger partial charge on any atom is -0.378 e. The van der Waals surface area contributed by atoms with Crippen LogP contribution in [0.15, 0.2) is 53.1 Å². The summed E-state index contributed by atoms with van der Waals surface area (Å²) in [5.74, 6) is 1.15. The largest absolute Gasteiger partial charge is 0.378 e. The molecule has 0 amide bonds. The van der Waals surface area contributed by atoms with Crippen molar-refractivity contribution in [3.8, 4) is 23.0 Å². The Balaban J connectivity index is 1.57. The third-order valence-electron chi connectivity index (χ3n) is 4.71. The summed E-state index contributed by atoms with van der Waals surface area (Å²) in [4.78, 5) is 6.60. The Hall–Kier alpha value is -3.39. The number of rotatable bonds is 3. The van der Waals surface area contributed by atoms with Gasteiger partial charge in [-0.15, -0.1) is 10.2 Å². The summed E-state index contributed by atoms with van der Waals surface area (Å²) in [6, 6.07) is 13.8. The maximum atomic E-state index is 13.1. The average Bonchev–Trinajstić information content (AvgIpc) is 3.24. The van der Waals surface area contributed by atoms with Crippen LogP contribution in [0.4, 0.5) is 10.2 Å². The number of anilines is 1. The molecule has 1 aliphatic rings. The van der Waals surface area contributed by atoms with E-state index in [0.717, 1.165) is 29.7 Å². The van der Waals surface area contributed by atoms with Crippen molar-refractivity contribution < 1.29 is 13.7 Å². The number of ether oxygens (including phenoxy) is 1. The van der Waals surface area contributed by atoms with Crippen molar-refractivity contribution in [1.29, 1.82) is 0 Å². The van der Waals surface area contributed by atoms with Gasteiger partial charge in [0, 0.05) is 29.4 Å². The number of morpholine rings is 1. The molecule has 1 fully saturated rings. The normalized spacial score (nSPS) is 14.5. The van der Waals surface area contributed by atoms with Gasteiger partial charge in [0.25, 0.3) is 5.89 Å². The number of aromatic nitrogens is 4. The second-order valence-corrected chi connectivity index (χ2v) is 6.45. The SMILES string of the molecule is Fc1ccc(-c2noc(-c3nnc(N4CCOCC4)c4ccccc34)n2)cc1. The molecule has 0 N–H and O–H groups in total. The van der Waals surface area contributed by atoms with E-state index in [4.69, 9.17) is 9.26 Å². The molecule has 0 spiro atoms. The Morgan fingerprint density at radius 2 is 1.64 bits per heavy atom. The quantitative estimate of drug-likeness (QED) is 0.542. The molecule has 7 nitrogen and oxygen atoms in total. The molecule has 2 aromatic carbocycles. The van der Waals surface area contributed by atoms with E-state index in [-0.39, 0.29) is 11.7 Å².